The maximum absolute atomic E-state index is 11.9. The zero-order valence-corrected chi connectivity index (χ0v) is 11.4. The van der Waals surface area contributed by atoms with Gasteiger partial charge in [-0.05, 0) is 37.7 Å². The molecule has 0 saturated heterocycles. The quantitative estimate of drug-likeness (QED) is 0.616. The number of hydrogen-bond acceptors (Lipinski definition) is 3. The lowest BCUT2D eigenvalue weighted by atomic mass is 9.78. The molecule has 0 bridgehead atoms. The highest BCUT2D eigenvalue weighted by atomic mass is 32.1. The summed E-state index contributed by atoms with van der Waals surface area (Å²) in [6.45, 7) is 2.26. The highest BCUT2D eigenvalue weighted by Crippen LogP contribution is 2.35. The van der Waals surface area contributed by atoms with Gasteiger partial charge in [-0.3, -0.25) is 4.79 Å². The standard InChI is InChI=1S/C15H18O2S/c1-2-17-15(16)13-10-12(8-9-14(13)18)11-6-4-3-5-7-11/h3-7,12-13H,2,8-10H2,1H3. The normalized spacial score (nSPS) is 23.7. The van der Waals surface area contributed by atoms with Crippen LogP contribution in [0.5, 0.6) is 0 Å². The molecule has 0 aromatic heterocycles. The van der Waals surface area contributed by atoms with Crippen molar-refractivity contribution in [2.45, 2.75) is 32.1 Å². The fraction of sp³-hybridized carbons (Fsp3) is 0.467. The van der Waals surface area contributed by atoms with E-state index in [4.69, 9.17) is 17.0 Å². The van der Waals surface area contributed by atoms with Crippen LogP contribution in [-0.4, -0.2) is 17.4 Å². The maximum atomic E-state index is 11.9. The van der Waals surface area contributed by atoms with Gasteiger partial charge in [0.2, 0.25) is 0 Å². The van der Waals surface area contributed by atoms with E-state index in [1.54, 1.807) is 0 Å². The van der Waals surface area contributed by atoms with Gasteiger partial charge in [-0.25, -0.2) is 0 Å². The lowest BCUT2D eigenvalue weighted by molar-refractivity contribution is -0.146. The number of carbonyl (C=O) groups excluding carboxylic acids is 1. The zero-order valence-electron chi connectivity index (χ0n) is 10.6. The SMILES string of the molecule is CCOC(=O)C1CC(c2ccccc2)CCC1=S. The van der Waals surface area contributed by atoms with Gasteiger partial charge in [0.15, 0.2) is 0 Å². The van der Waals surface area contributed by atoms with E-state index in [-0.39, 0.29) is 11.9 Å². The van der Waals surface area contributed by atoms with Crippen LogP contribution in [0.25, 0.3) is 0 Å². The molecule has 18 heavy (non-hydrogen) atoms. The second-order valence-corrected chi connectivity index (χ2v) is 5.18. The van der Waals surface area contributed by atoms with Gasteiger partial charge in [0.1, 0.15) is 0 Å². The van der Waals surface area contributed by atoms with E-state index in [9.17, 15) is 4.79 Å². The summed E-state index contributed by atoms with van der Waals surface area (Å²) in [6.07, 6.45) is 2.68. The summed E-state index contributed by atoms with van der Waals surface area (Å²) in [6, 6.07) is 10.4. The van der Waals surface area contributed by atoms with E-state index < -0.39 is 0 Å². The summed E-state index contributed by atoms with van der Waals surface area (Å²) in [5.41, 5.74) is 1.30. The van der Waals surface area contributed by atoms with Crippen molar-refractivity contribution in [3.63, 3.8) is 0 Å². The Bertz CT molecular complexity index is 427. The van der Waals surface area contributed by atoms with Gasteiger partial charge in [-0.2, -0.15) is 0 Å². The highest BCUT2D eigenvalue weighted by molar-refractivity contribution is 7.80. The molecule has 0 spiro atoms. The number of ether oxygens (including phenoxy) is 1. The predicted octanol–water partition coefficient (Wildman–Crippen LogP) is 3.50. The first kappa shape index (κ1) is 13.2. The number of rotatable bonds is 3. The Morgan fingerprint density at radius 3 is 2.78 bits per heavy atom. The van der Waals surface area contributed by atoms with Crippen LogP contribution in [0.4, 0.5) is 0 Å². The van der Waals surface area contributed by atoms with Crippen LogP contribution in [0.15, 0.2) is 30.3 Å². The molecule has 0 aliphatic heterocycles. The van der Waals surface area contributed by atoms with Gasteiger partial charge in [-0.15, -0.1) is 0 Å². The fourth-order valence-electron chi connectivity index (χ4n) is 2.52. The molecule has 0 N–H and O–H groups in total. The van der Waals surface area contributed by atoms with Crippen molar-refractivity contribution in [3.8, 4) is 0 Å². The van der Waals surface area contributed by atoms with Gasteiger partial charge in [0, 0.05) is 4.86 Å². The van der Waals surface area contributed by atoms with Crippen LogP contribution in [0, 0.1) is 5.92 Å². The van der Waals surface area contributed by atoms with Crippen molar-refractivity contribution in [1.29, 1.82) is 0 Å². The molecule has 0 amide bonds. The van der Waals surface area contributed by atoms with Crippen molar-refractivity contribution < 1.29 is 9.53 Å². The van der Waals surface area contributed by atoms with Gasteiger partial charge in [0.05, 0.1) is 12.5 Å². The van der Waals surface area contributed by atoms with Gasteiger partial charge in [0.25, 0.3) is 0 Å². The third-order valence-corrected chi connectivity index (χ3v) is 3.98. The first-order chi connectivity index (χ1) is 8.72. The summed E-state index contributed by atoms with van der Waals surface area (Å²) in [5, 5.41) is 0. The molecule has 2 nitrogen and oxygen atoms in total. The Labute approximate surface area is 113 Å². The summed E-state index contributed by atoms with van der Waals surface area (Å²) in [4.78, 5) is 12.7. The Balaban J connectivity index is 2.09. The molecule has 0 heterocycles. The molecule has 3 heteroatoms. The second-order valence-electron chi connectivity index (χ2n) is 4.65. The number of benzene rings is 1. The molecule has 1 aromatic rings. The lowest BCUT2D eigenvalue weighted by Crippen LogP contribution is -2.30. The molecular weight excluding hydrogens is 244 g/mol. The van der Waals surface area contributed by atoms with Crippen LogP contribution in [0.1, 0.15) is 37.7 Å². The summed E-state index contributed by atoms with van der Waals surface area (Å²) in [7, 11) is 0. The molecule has 2 rings (SSSR count). The number of carbonyl (C=O) groups is 1. The minimum Gasteiger partial charge on any atom is -0.466 e. The summed E-state index contributed by atoms with van der Waals surface area (Å²) in [5.74, 6) is 0.0781. The van der Waals surface area contributed by atoms with E-state index in [0.29, 0.717) is 12.5 Å². The number of esters is 1. The van der Waals surface area contributed by atoms with Crippen molar-refractivity contribution in [2.75, 3.05) is 6.61 Å². The summed E-state index contributed by atoms with van der Waals surface area (Å²) < 4.78 is 5.11. The first-order valence-electron chi connectivity index (χ1n) is 6.46. The van der Waals surface area contributed by atoms with Crippen LogP contribution in [0.3, 0.4) is 0 Å². The molecule has 1 fully saturated rings. The van der Waals surface area contributed by atoms with Crippen LogP contribution in [0.2, 0.25) is 0 Å². The number of thiocarbonyl (C=S) groups is 1. The van der Waals surface area contributed by atoms with E-state index in [1.165, 1.54) is 5.56 Å². The fourth-order valence-corrected chi connectivity index (χ4v) is 2.83. The molecule has 2 atom stereocenters. The van der Waals surface area contributed by atoms with Gasteiger partial charge < -0.3 is 4.74 Å². The van der Waals surface area contributed by atoms with Crippen molar-refractivity contribution >= 4 is 23.1 Å². The molecule has 1 saturated carbocycles. The Morgan fingerprint density at radius 2 is 2.11 bits per heavy atom. The van der Waals surface area contributed by atoms with Gasteiger partial charge in [-0.1, -0.05) is 42.5 Å². The molecule has 1 aromatic carbocycles. The largest absolute Gasteiger partial charge is 0.466 e. The smallest absolute Gasteiger partial charge is 0.313 e. The van der Waals surface area contributed by atoms with Crippen molar-refractivity contribution in [3.05, 3.63) is 35.9 Å². The van der Waals surface area contributed by atoms with Crippen LogP contribution in [-0.2, 0) is 9.53 Å². The average Bonchev–Trinajstić information content (AvgIpc) is 2.40. The number of hydrogen-bond donors (Lipinski definition) is 0. The third kappa shape index (κ3) is 2.96. The first-order valence-corrected chi connectivity index (χ1v) is 6.87. The molecule has 0 radical (unpaired) electrons. The molecule has 1 aliphatic carbocycles. The van der Waals surface area contributed by atoms with Crippen LogP contribution < -0.4 is 0 Å². The minimum absolute atomic E-state index is 0.150. The van der Waals surface area contributed by atoms with Crippen molar-refractivity contribution in [2.24, 2.45) is 5.92 Å². The van der Waals surface area contributed by atoms with Crippen LogP contribution >= 0.6 is 12.2 Å². The topological polar surface area (TPSA) is 26.3 Å². The highest BCUT2D eigenvalue weighted by Gasteiger charge is 2.32. The Kier molecular flexibility index (Phi) is 4.48. The third-order valence-electron chi connectivity index (χ3n) is 3.49. The molecule has 96 valence electrons. The average molecular weight is 262 g/mol. The molecular formula is C15H18O2S. The Hall–Kier alpha value is -1.22. The lowest BCUT2D eigenvalue weighted by Gasteiger charge is -2.28. The predicted molar refractivity (Wildman–Crippen MR) is 75.8 cm³/mol. The second kappa shape index (κ2) is 6.10. The summed E-state index contributed by atoms with van der Waals surface area (Å²) >= 11 is 5.32. The molecule has 1 aliphatic rings. The Morgan fingerprint density at radius 1 is 1.39 bits per heavy atom. The monoisotopic (exact) mass is 262 g/mol. The van der Waals surface area contributed by atoms with Gasteiger partial charge >= 0.3 is 5.97 Å². The maximum Gasteiger partial charge on any atom is 0.313 e. The zero-order chi connectivity index (χ0) is 13.0. The van der Waals surface area contributed by atoms with E-state index in [2.05, 4.69) is 12.1 Å². The minimum atomic E-state index is -0.195. The van der Waals surface area contributed by atoms with Crippen molar-refractivity contribution in [1.82, 2.24) is 0 Å². The molecule has 2 unspecified atom stereocenters. The van der Waals surface area contributed by atoms with E-state index in [1.807, 2.05) is 25.1 Å². The van der Waals surface area contributed by atoms with E-state index >= 15 is 0 Å². The van der Waals surface area contributed by atoms with E-state index in [0.717, 1.165) is 24.1 Å².